The number of nitrogens with one attached hydrogen (secondary N) is 1. The lowest BCUT2D eigenvalue weighted by Gasteiger charge is -2.17. The SMILES string of the molecule is CC(C)O[C@@H](C)CNc1cc(Br)ccc1[N+](=O)[O-]. The Morgan fingerprint density at radius 3 is 2.67 bits per heavy atom. The minimum absolute atomic E-state index is 0.0106. The van der Waals surface area contributed by atoms with Gasteiger partial charge in [0, 0.05) is 17.1 Å². The highest BCUT2D eigenvalue weighted by Gasteiger charge is 2.14. The van der Waals surface area contributed by atoms with Crippen LogP contribution < -0.4 is 5.32 Å². The van der Waals surface area contributed by atoms with E-state index in [2.05, 4.69) is 21.2 Å². The minimum Gasteiger partial charge on any atom is -0.377 e. The number of hydrogen-bond acceptors (Lipinski definition) is 4. The molecule has 0 aliphatic heterocycles. The van der Waals surface area contributed by atoms with Crippen molar-refractivity contribution in [3.63, 3.8) is 0 Å². The number of ether oxygens (including phenoxy) is 1. The molecule has 1 rings (SSSR count). The maximum atomic E-state index is 10.9. The van der Waals surface area contributed by atoms with Gasteiger partial charge >= 0.3 is 0 Å². The van der Waals surface area contributed by atoms with Crippen LogP contribution in [0.2, 0.25) is 0 Å². The first-order chi connectivity index (χ1) is 8.40. The van der Waals surface area contributed by atoms with Gasteiger partial charge in [-0.2, -0.15) is 0 Å². The van der Waals surface area contributed by atoms with Gasteiger partial charge in [0.2, 0.25) is 0 Å². The molecule has 0 heterocycles. The van der Waals surface area contributed by atoms with Crippen molar-refractivity contribution in [2.24, 2.45) is 0 Å². The van der Waals surface area contributed by atoms with Crippen molar-refractivity contribution in [3.8, 4) is 0 Å². The molecule has 0 spiro atoms. The highest BCUT2D eigenvalue weighted by molar-refractivity contribution is 9.10. The number of rotatable bonds is 6. The summed E-state index contributed by atoms with van der Waals surface area (Å²) in [6.45, 7) is 6.36. The number of benzene rings is 1. The Balaban J connectivity index is 2.71. The molecule has 5 nitrogen and oxygen atoms in total. The van der Waals surface area contributed by atoms with E-state index in [1.165, 1.54) is 6.07 Å². The zero-order valence-corrected chi connectivity index (χ0v) is 12.2. The molecule has 0 amide bonds. The normalized spacial score (nSPS) is 12.5. The van der Waals surface area contributed by atoms with Crippen LogP contribution in [0.25, 0.3) is 0 Å². The Bertz CT molecular complexity index is 424. The van der Waals surface area contributed by atoms with Crippen molar-refractivity contribution in [2.75, 3.05) is 11.9 Å². The van der Waals surface area contributed by atoms with Crippen molar-refractivity contribution in [2.45, 2.75) is 33.0 Å². The van der Waals surface area contributed by atoms with Crippen molar-refractivity contribution >= 4 is 27.3 Å². The Labute approximate surface area is 115 Å². The van der Waals surface area contributed by atoms with Crippen LogP contribution in [-0.2, 0) is 4.74 Å². The van der Waals surface area contributed by atoms with E-state index >= 15 is 0 Å². The van der Waals surface area contributed by atoms with E-state index in [1.54, 1.807) is 12.1 Å². The molecule has 6 heteroatoms. The van der Waals surface area contributed by atoms with Crippen molar-refractivity contribution in [1.29, 1.82) is 0 Å². The van der Waals surface area contributed by atoms with Gasteiger partial charge in [-0.05, 0) is 32.9 Å². The molecule has 0 aliphatic rings. The van der Waals surface area contributed by atoms with Crippen LogP contribution in [0.1, 0.15) is 20.8 Å². The number of halogens is 1. The lowest BCUT2D eigenvalue weighted by Crippen LogP contribution is -2.23. The van der Waals surface area contributed by atoms with Gasteiger partial charge in [-0.1, -0.05) is 15.9 Å². The highest BCUT2D eigenvalue weighted by Crippen LogP contribution is 2.27. The van der Waals surface area contributed by atoms with Gasteiger partial charge in [0.15, 0.2) is 0 Å². The predicted octanol–water partition coefficient (Wildman–Crippen LogP) is 3.58. The molecule has 0 fully saturated rings. The number of nitro groups is 1. The topological polar surface area (TPSA) is 64.4 Å². The molecule has 1 N–H and O–H groups in total. The second kappa shape index (κ2) is 6.70. The summed E-state index contributed by atoms with van der Waals surface area (Å²) in [6.07, 6.45) is 0.128. The van der Waals surface area contributed by atoms with Gasteiger partial charge in [0.25, 0.3) is 5.69 Å². The summed E-state index contributed by atoms with van der Waals surface area (Å²) >= 11 is 3.30. The van der Waals surface area contributed by atoms with Crippen LogP contribution in [0.15, 0.2) is 22.7 Å². The fraction of sp³-hybridized carbons (Fsp3) is 0.500. The molecule has 0 aromatic heterocycles. The molecule has 0 bridgehead atoms. The van der Waals surface area contributed by atoms with Crippen LogP contribution in [0.3, 0.4) is 0 Å². The van der Waals surface area contributed by atoms with E-state index in [-0.39, 0.29) is 17.9 Å². The molecule has 0 unspecified atom stereocenters. The minimum atomic E-state index is -0.400. The van der Waals surface area contributed by atoms with E-state index in [4.69, 9.17) is 4.74 Å². The van der Waals surface area contributed by atoms with Crippen LogP contribution in [0, 0.1) is 10.1 Å². The van der Waals surface area contributed by atoms with Gasteiger partial charge in [0.1, 0.15) is 5.69 Å². The molecular weight excluding hydrogens is 300 g/mol. The molecule has 0 radical (unpaired) electrons. The second-order valence-electron chi connectivity index (χ2n) is 4.29. The molecule has 0 aliphatic carbocycles. The first-order valence-electron chi connectivity index (χ1n) is 5.73. The average molecular weight is 317 g/mol. The smallest absolute Gasteiger partial charge is 0.292 e. The van der Waals surface area contributed by atoms with Crippen molar-refractivity contribution in [1.82, 2.24) is 0 Å². The van der Waals surface area contributed by atoms with Gasteiger partial charge in [-0.25, -0.2) is 0 Å². The number of hydrogen-bond donors (Lipinski definition) is 1. The average Bonchev–Trinajstić information content (AvgIpc) is 2.25. The zero-order chi connectivity index (χ0) is 13.7. The van der Waals surface area contributed by atoms with E-state index < -0.39 is 4.92 Å². The van der Waals surface area contributed by atoms with Crippen molar-refractivity contribution in [3.05, 3.63) is 32.8 Å². The third-order valence-electron chi connectivity index (χ3n) is 2.24. The van der Waals surface area contributed by atoms with Gasteiger partial charge in [-0.3, -0.25) is 10.1 Å². The Hall–Kier alpha value is -1.14. The number of nitrogens with zero attached hydrogens (tertiary/aromatic N) is 1. The van der Waals surface area contributed by atoms with E-state index in [0.717, 1.165) is 4.47 Å². The molecular formula is C12H17BrN2O3. The Kier molecular flexibility index (Phi) is 5.55. The maximum absolute atomic E-state index is 10.9. The molecule has 1 atom stereocenters. The largest absolute Gasteiger partial charge is 0.377 e. The second-order valence-corrected chi connectivity index (χ2v) is 5.21. The standard InChI is InChI=1S/C12H17BrN2O3/c1-8(2)18-9(3)7-14-11-6-10(13)4-5-12(11)15(16)17/h4-6,8-9,14H,7H2,1-3H3/t9-/m0/s1. The predicted molar refractivity (Wildman–Crippen MR) is 75.0 cm³/mol. The lowest BCUT2D eigenvalue weighted by molar-refractivity contribution is -0.384. The summed E-state index contributed by atoms with van der Waals surface area (Å²) in [5, 5.41) is 13.9. The van der Waals surface area contributed by atoms with Crippen LogP contribution in [0.4, 0.5) is 11.4 Å². The fourth-order valence-electron chi connectivity index (χ4n) is 1.58. The summed E-state index contributed by atoms with van der Waals surface area (Å²) in [5.74, 6) is 0. The highest BCUT2D eigenvalue weighted by atomic mass is 79.9. The molecule has 1 aromatic rings. The summed E-state index contributed by atoms with van der Waals surface area (Å²) in [6, 6.07) is 4.82. The van der Waals surface area contributed by atoms with Crippen LogP contribution in [-0.4, -0.2) is 23.7 Å². The monoisotopic (exact) mass is 316 g/mol. The Morgan fingerprint density at radius 2 is 2.11 bits per heavy atom. The third kappa shape index (κ3) is 4.62. The zero-order valence-electron chi connectivity index (χ0n) is 10.6. The lowest BCUT2D eigenvalue weighted by atomic mass is 10.2. The van der Waals surface area contributed by atoms with Gasteiger partial charge < -0.3 is 10.1 Å². The summed E-state index contributed by atoms with van der Waals surface area (Å²) in [4.78, 5) is 10.5. The first kappa shape index (κ1) is 14.9. The van der Waals surface area contributed by atoms with Crippen molar-refractivity contribution < 1.29 is 9.66 Å². The van der Waals surface area contributed by atoms with Gasteiger partial charge in [0.05, 0.1) is 17.1 Å². The molecule has 0 saturated heterocycles. The number of nitro benzene ring substituents is 1. The fourth-order valence-corrected chi connectivity index (χ4v) is 1.94. The van der Waals surface area contributed by atoms with E-state index in [0.29, 0.717) is 12.2 Å². The molecule has 0 saturated carbocycles. The maximum Gasteiger partial charge on any atom is 0.292 e. The third-order valence-corrected chi connectivity index (χ3v) is 2.73. The molecule has 100 valence electrons. The molecule has 1 aromatic carbocycles. The molecule has 18 heavy (non-hydrogen) atoms. The summed E-state index contributed by atoms with van der Waals surface area (Å²) in [7, 11) is 0. The first-order valence-corrected chi connectivity index (χ1v) is 6.52. The van der Waals surface area contributed by atoms with E-state index in [9.17, 15) is 10.1 Å². The quantitative estimate of drug-likeness (QED) is 0.643. The van der Waals surface area contributed by atoms with Crippen LogP contribution >= 0.6 is 15.9 Å². The number of anilines is 1. The van der Waals surface area contributed by atoms with Gasteiger partial charge in [-0.15, -0.1) is 0 Å². The summed E-state index contributed by atoms with van der Waals surface area (Å²) < 4.78 is 6.36. The summed E-state index contributed by atoms with van der Waals surface area (Å²) in [5.41, 5.74) is 0.559. The Morgan fingerprint density at radius 1 is 1.44 bits per heavy atom. The van der Waals surface area contributed by atoms with Crippen LogP contribution in [0.5, 0.6) is 0 Å². The van der Waals surface area contributed by atoms with E-state index in [1.807, 2.05) is 20.8 Å².